The number of hydrogen-bond acceptors (Lipinski definition) is 3. The van der Waals surface area contributed by atoms with Gasteiger partial charge in [0.15, 0.2) is 0 Å². The maximum Gasteiger partial charge on any atom is 0.126 e. The van der Waals surface area contributed by atoms with Gasteiger partial charge in [0.05, 0.1) is 0 Å². The lowest BCUT2D eigenvalue weighted by Gasteiger charge is -2.24. The summed E-state index contributed by atoms with van der Waals surface area (Å²) in [4.78, 5) is 6.62. The summed E-state index contributed by atoms with van der Waals surface area (Å²) in [5, 5.41) is 3.52. The highest BCUT2D eigenvalue weighted by atomic mass is 15.1. The minimum absolute atomic E-state index is 0.459. The fourth-order valence-corrected chi connectivity index (χ4v) is 1.95. The third-order valence-electron chi connectivity index (χ3n) is 2.60. The highest BCUT2D eigenvalue weighted by Crippen LogP contribution is 2.12. The molecule has 1 N–H and O–H groups in total. The lowest BCUT2D eigenvalue weighted by atomic mass is 10.0. The molecule has 0 saturated heterocycles. The highest BCUT2D eigenvalue weighted by Gasteiger charge is 2.12. The average molecular weight is 235 g/mol. The van der Waals surface area contributed by atoms with E-state index in [1.54, 1.807) is 0 Å². The summed E-state index contributed by atoms with van der Waals surface area (Å²) >= 11 is 0. The van der Waals surface area contributed by atoms with Crippen molar-refractivity contribution < 1.29 is 0 Å². The summed E-state index contributed by atoms with van der Waals surface area (Å²) < 4.78 is 0. The van der Waals surface area contributed by atoms with Crippen molar-refractivity contribution in [1.29, 1.82) is 0 Å². The molecule has 3 nitrogen and oxygen atoms in total. The summed E-state index contributed by atoms with van der Waals surface area (Å²) in [7, 11) is 4.22. The van der Waals surface area contributed by atoms with Gasteiger partial charge < -0.3 is 10.2 Å². The number of rotatable bonds is 6. The van der Waals surface area contributed by atoms with Crippen LogP contribution in [-0.4, -0.2) is 36.6 Å². The van der Waals surface area contributed by atoms with Gasteiger partial charge in [-0.25, -0.2) is 4.98 Å². The molecule has 1 unspecified atom stereocenters. The van der Waals surface area contributed by atoms with Gasteiger partial charge in [-0.05, 0) is 45.0 Å². The van der Waals surface area contributed by atoms with Crippen LogP contribution in [0.3, 0.4) is 0 Å². The largest absolute Gasteiger partial charge is 0.366 e. The van der Waals surface area contributed by atoms with Crippen LogP contribution in [0.15, 0.2) is 18.3 Å². The molecule has 3 heteroatoms. The maximum atomic E-state index is 4.40. The van der Waals surface area contributed by atoms with Crippen molar-refractivity contribution in [2.45, 2.75) is 33.2 Å². The Morgan fingerprint density at radius 2 is 2.00 bits per heavy atom. The Morgan fingerprint density at radius 1 is 1.29 bits per heavy atom. The predicted molar refractivity (Wildman–Crippen MR) is 74.4 cm³/mol. The third-order valence-corrected chi connectivity index (χ3v) is 2.60. The normalized spacial score (nSPS) is 13.1. The second-order valence-corrected chi connectivity index (χ2v) is 5.45. The van der Waals surface area contributed by atoms with Crippen LogP contribution in [0.4, 0.5) is 5.82 Å². The van der Waals surface area contributed by atoms with Crippen molar-refractivity contribution in [1.82, 2.24) is 9.88 Å². The van der Waals surface area contributed by atoms with Gasteiger partial charge in [0.1, 0.15) is 5.82 Å². The molecule has 1 heterocycles. The first-order valence-electron chi connectivity index (χ1n) is 6.31. The fraction of sp³-hybridized carbons (Fsp3) is 0.643. The number of aryl methyl sites for hydroxylation is 1. The van der Waals surface area contributed by atoms with E-state index in [0.717, 1.165) is 18.8 Å². The van der Waals surface area contributed by atoms with E-state index in [-0.39, 0.29) is 0 Å². The van der Waals surface area contributed by atoms with Gasteiger partial charge in [0, 0.05) is 18.8 Å². The predicted octanol–water partition coefficient (Wildman–Crippen LogP) is 2.78. The molecule has 0 aliphatic carbocycles. The molecule has 0 aromatic carbocycles. The first kappa shape index (κ1) is 14.0. The van der Waals surface area contributed by atoms with Crippen LogP contribution >= 0.6 is 0 Å². The van der Waals surface area contributed by atoms with Crippen LogP contribution in [-0.2, 0) is 0 Å². The zero-order valence-corrected chi connectivity index (χ0v) is 11.7. The Hall–Kier alpha value is -1.09. The number of aromatic nitrogens is 1. The molecule has 0 aliphatic heterocycles. The minimum Gasteiger partial charge on any atom is -0.366 e. The molecule has 0 bridgehead atoms. The molecule has 0 saturated carbocycles. The van der Waals surface area contributed by atoms with E-state index in [9.17, 15) is 0 Å². The SMILES string of the molecule is Cc1ccc(NC(CC(C)C)CN(C)C)nc1. The molecule has 0 fully saturated rings. The van der Waals surface area contributed by atoms with E-state index in [2.05, 4.69) is 62.2 Å². The van der Waals surface area contributed by atoms with Crippen LogP contribution in [0.25, 0.3) is 0 Å². The Labute approximate surface area is 105 Å². The van der Waals surface area contributed by atoms with Gasteiger partial charge in [0.25, 0.3) is 0 Å². The summed E-state index contributed by atoms with van der Waals surface area (Å²) in [6.45, 7) is 7.61. The number of nitrogens with zero attached hydrogens (tertiary/aromatic N) is 2. The fourth-order valence-electron chi connectivity index (χ4n) is 1.95. The number of nitrogens with one attached hydrogen (secondary N) is 1. The van der Waals surface area contributed by atoms with Crippen LogP contribution in [0.5, 0.6) is 0 Å². The lowest BCUT2D eigenvalue weighted by Crippen LogP contribution is -2.33. The Morgan fingerprint density at radius 3 is 2.47 bits per heavy atom. The van der Waals surface area contributed by atoms with E-state index < -0.39 is 0 Å². The van der Waals surface area contributed by atoms with Crippen LogP contribution in [0.1, 0.15) is 25.8 Å². The number of likely N-dealkylation sites (N-methyl/N-ethyl adjacent to an activating group) is 1. The molecule has 1 aromatic heterocycles. The molecule has 1 rings (SSSR count). The third kappa shape index (κ3) is 5.68. The van der Waals surface area contributed by atoms with Gasteiger partial charge in [-0.1, -0.05) is 19.9 Å². The molecule has 1 atom stereocenters. The van der Waals surface area contributed by atoms with Crippen LogP contribution in [0, 0.1) is 12.8 Å². The first-order valence-corrected chi connectivity index (χ1v) is 6.31. The second kappa shape index (κ2) is 6.60. The Bertz CT molecular complexity index is 307. The van der Waals surface area contributed by atoms with E-state index in [1.165, 1.54) is 5.56 Å². The molecular formula is C14H25N3. The van der Waals surface area contributed by atoms with Crippen LogP contribution in [0.2, 0.25) is 0 Å². The molecule has 0 amide bonds. The quantitative estimate of drug-likeness (QED) is 0.822. The first-order chi connectivity index (χ1) is 7.97. The number of anilines is 1. The van der Waals surface area contributed by atoms with Gasteiger partial charge in [-0.3, -0.25) is 0 Å². The number of pyridine rings is 1. The molecule has 96 valence electrons. The summed E-state index contributed by atoms with van der Waals surface area (Å²) in [6, 6.07) is 4.61. The van der Waals surface area contributed by atoms with Gasteiger partial charge in [-0.15, -0.1) is 0 Å². The Balaban J connectivity index is 2.61. The van der Waals surface area contributed by atoms with Crippen molar-refractivity contribution in [3.63, 3.8) is 0 Å². The highest BCUT2D eigenvalue weighted by molar-refractivity contribution is 5.36. The van der Waals surface area contributed by atoms with Crippen molar-refractivity contribution in [2.24, 2.45) is 5.92 Å². The van der Waals surface area contributed by atoms with E-state index in [0.29, 0.717) is 12.0 Å². The molecular weight excluding hydrogens is 210 g/mol. The summed E-state index contributed by atoms with van der Waals surface area (Å²) in [6.07, 6.45) is 3.07. The molecule has 1 aromatic rings. The van der Waals surface area contributed by atoms with E-state index in [4.69, 9.17) is 0 Å². The van der Waals surface area contributed by atoms with Gasteiger partial charge in [0.2, 0.25) is 0 Å². The maximum absolute atomic E-state index is 4.40. The molecule has 0 radical (unpaired) electrons. The minimum atomic E-state index is 0.459. The standard InChI is InChI=1S/C14H25N3/c1-11(2)8-13(10-17(4)5)16-14-7-6-12(3)9-15-14/h6-7,9,11,13H,8,10H2,1-5H3,(H,15,16). The Kier molecular flexibility index (Phi) is 5.42. The topological polar surface area (TPSA) is 28.2 Å². The second-order valence-electron chi connectivity index (χ2n) is 5.45. The number of hydrogen-bond donors (Lipinski definition) is 1. The van der Waals surface area contributed by atoms with Crippen molar-refractivity contribution in [3.8, 4) is 0 Å². The van der Waals surface area contributed by atoms with Crippen molar-refractivity contribution >= 4 is 5.82 Å². The molecule has 17 heavy (non-hydrogen) atoms. The summed E-state index contributed by atoms with van der Waals surface area (Å²) in [5.41, 5.74) is 1.20. The summed E-state index contributed by atoms with van der Waals surface area (Å²) in [5.74, 6) is 1.67. The van der Waals surface area contributed by atoms with Gasteiger partial charge in [-0.2, -0.15) is 0 Å². The zero-order chi connectivity index (χ0) is 12.8. The van der Waals surface area contributed by atoms with Crippen molar-refractivity contribution in [3.05, 3.63) is 23.9 Å². The smallest absolute Gasteiger partial charge is 0.126 e. The van der Waals surface area contributed by atoms with Gasteiger partial charge >= 0.3 is 0 Å². The van der Waals surface area contributed by atoms with Crippen LogP contribution < -0.4 is 5.32 Å². The van der Waals surface area contributed by atoms with E-state index >= 15 is 0 Å². The van der Waals surface area contributed by atoms with Crippen molar-refractivity contribution in [2.75, 3.05) is 26.0 Å². The molecule has 0 aliphatic rings. The van der Waals surface area contributed by atoms with E-state index in [1.807, 2.05) is 6.20 Å². The monoisotopic (exact) mass is 235 g/mol. The molecule has 0 spiro atoms. The average Bonchev–Trinajstić information content (AvgIpc) is 2.19. The zero-order valence-electron chi connectivity index (χ0n) is 11.7. The lowest BCUT2D eigenvalue weighted by molar-refractivity contribution is 0.356.